The molecule has 27 heavy (non-hydrogen) atoms. The number of carboxylic acid groups (broad SMARTS) is 1. The van der Waals surface area contributed by atoms with Gasteiger partial charge < -0.3 is 15.3 Å². The van der Waals surface area contributed by atoms with E-state index >= 15 is 0 Å². The largest absolute Gasteiger partial charge is 0.481 e. The molecule has 1 aliphatic heterocycles. The van der Waals surface area contributed by atoms with Gasteiger partial charge in [-0.25, -0.2) is 0 Å². The number of likely N-dealkylation sites (tertiary alicyclic amines) is 1. The summed E-state index contributed by atoms with van der Waals surface area (Å²) in [5, 5.41) is 12.2. The molecule has 142 valence electrons. The fraction of sp³-hybridized carbons (Fsp3) is 0.263. The maximum Gasteiger partial charge on any atom is 0.406 e. The summed E-state index contributed by atoms with van der Waals surface area (Å²) in [6.07, 6.45) is -5.60. The van der Waals surface area contributed by atoms with E-state index in [9.17, 15) is 22.8 Å². The van der Waals surface area contributed by atoms with Crippen LogP contribution in [-0.4, -0.2) is 41.1 Å². The van der Waals surface area contributed by atoms with Gasteiger partial charge in [0.25, 0.3) is 5.91 Å². The number of hydrogen-bond acceptors (Lipinski definition) is 3. The second kappa shape index (κ2) is 6.94. The van der Waals surface area contributed by atoms with Crippen molar-refractivity contribution in [3.63, 3.8) is 0 Å². The van der Waals surface area contributed by atoms with Crippen LogP contribution in [0.5, 0.6) is 0 Å². The van der Waals surface area contributed by atoms with Crippen LogP contribution in [0.4, 0.5) is 24.5 Å². The number of nitrogens with one attached hydrogen (secondary N) is 1. The van der Waals surface area contributed by atoms with Crippen LogP contribution < -0.4 is 5.32 Å². The van der Waals surface area contributed by atoms with E-state index in [2.05, 4.69) is 5.32 Å². The van der Waals surface area contributed by atoms with E-state index in [1.165, 1.54) is 6.07 Å². The monoisotopic (exact) mass is 378 g/mol. The summed E-state index contributed by atoms with van der Waals surface area (Å²) >= 11 is 0. The highest BCUT2D eigenvalue weighted by Crippen LogP contribution is 2.46. The van der Waals surface area contributed by atoms with E-state index < -0.39 is 36.4 Å². The molecule has 1 fully saturated rings. The molecule has 2 aromatic rings. The molecule has 1 amide bonds. The Hall–Kier alpha value is -3.03. The minimum Gasteiger partial charge on any atom is -0.481 e. The fourth-order valence-corrected chi connectivity index (χ4v) is 3.14. The SMILES string of the molecule is O=C(c1ccccc1Nc1ccccc1)N1CCC(C(=O)O)(C(F)(F)F)C1. The van der Waals surface area contributed by atoms with Gasteiger partial charge in [-0.1, -0.05) is 30.3 Å². The normalized spacial score (nSPS) is 19.7. The van der Waals surface area contributed by atoms with Crippen LogP contribution in [0.25, 0.3) is 0 Å². The van der Waals surface area contributed by atoms with E-state index in [0.29, 0.717) is 11.4 Å². The molecule has 0 spiro atoms. The number of nitrogens with zero attached hydrogens (tertiary/aromatic N) is 1. The molecule has 8 heteroatoms. The first-order valence-corrected chi connectivity index (χ1v) is 8.25. The molecule has 2 aromatic carbocycles. The molecule has 1 heterocycles. The van der Waals surface area contributed by atoms with E-state index in [-0.39, 0.29) is 12.1 Å². The van der Waals surface area contributed by atoms with Crippen LogP contribution >= 0.6 is 0 Å². The Morgan fingerprint density at radius 1 is 1.04 bits per heavy atom. The number of hydrogen-bond donors (Lipinski definition) is 2. The molecule has 1 aliphatic rings. The number of alkyl halides is 3. The third-order valence-electron chi connectivity index (χ3n) is 4.72. The average molecular weight is 378 g/mol. The summed E-state index contributed by atoms with van der Waals surface area (Å²) < 4.78 is 40.0. The lowest BCUT2D eigenvalue weighted by Gasteiger charge is -2.27. The van der Waals surface area contributed by atoms with E-state index in [1.54, 1.807) is 42.5 Å². The molecule has 0 saturated carbocycles. The van der Waals surface area contributed by atoms with E-state index in [1.807, 2.05) is 6.07 Å². The molecular formula is C19H17F3N2O3. The first kappa shape index (κ1) is 18.8. The Kier molecular flexibility index (Phi) is 4.82. The van der Waals surface area contributed by atoms with Crippen molar-refractivity contribution >= 4 is 23.3 Å². The lowest BCUT2D eigenvalue weighted by Crippen LogP contribution is -2.47. The fourth-order valence-electron chi connectivity index (χ4n) is 3.14. The molecule has 1 saturated heterocycles. The first-order chi connectivity index (χ1) is 12.7. The van der Waals surface area contributed by atoms with Gasteiger partial charge in [0.1, 0.15) is 0 Å². The lowest BCUT2D eigenvalue weighted by atomic mass is 9.86. The molecule has 1 atom stereocenters. The highest BCUT2D eigenvalue weighted by molar-refractivity contribution is 6.01. The topological polar surface area (TPSA) is 69.6 Å². The zero-order valence-electron chi connectivity index (χ0n) is 14.2. The third kappa shape index (κ3) is 3.47. The number of para-hydroxylation sites is 2. The number of carbonyl (C=O) groups is 2. The van der Waals surface area contributed by atoms with Gasteiger partial charge in [0.2, 0.25) is 0 Å². The van der Waals surface area contributed by atoms with Gasteiger partial charge in [0.05, 0.1) is 11.3 Å². The van der Waals surface area contributed by atoms with Crippen LogP contribution in [-0.2, 0) is 4.79 Å². The van der Waals surface area contributed by atoms with Gasteiger partial charge in [0.15, 0.2) is 5.41 Å². The molecule has 0 bridgehead atoms. The second-order valence-electron chi connectivity index (χ2n) is 6.40. The third-order valence-corrected chi connectivity index (χ3v) is 4.72. The second-order valence-corrected chi connectivity index (χ2v) is 6.40. The zero-order chi connectivity index (χ0) is 19.7. The quantitative estimate of drug-likeness (QED) is 0.846. The van der Waals surface area contributed by atoms with Crippen LogP contribution in [0.2, 0.25) is 0 Å². The molecule has 0 aromatic heterocycles. The van der Waals surface area contributed by atoms with Gasteiger partial charge >= 0.3 is 12.1 Å². The predicted molar refractivity (Wildman–Crippen MR) is 92.8 cm³/mol. The van der Waals surface area contributed by atoms with Crippen LogP contribution in [0.15, 0.2) is 54.6 Å². The minimum absolute atomic E-state index is 0.185. The average Bonchev–Trinajstić information content (AvgIpc) is 3.09. The predicted octanol–water partition coefficient (Wildman–Crippen LogP) is 3.91. The summed E-state index contributed by atoms with van der Waals surface area (Å²) in [7, 11) is 0. The Morgan fingerprint density at radius 2 is 1.67 bits per heavy atom. The van der Waals surface area contributed by atoms with Crippen LogP contribution in [0, 0.1) is 5.41 Å². The van der Waals surface area contributed by atoms with Crippen molar-refractivity contribution in [3.05, 3.63) is 60.2 Å². The molecule has 1 unspecified atom stereocenters. The molecule has 0 aliphatic carbocycles. The molecule has 3 rings (SSSR count). The van der Waals surface area contributed by atoms with Crippen molar-refractivity contribution < 1.29 is 27.9 Å². The number of benzene rings is 2. The van der Waals surface area contributed by atoms with Crippen LogP contribution in [0.1, 0.15) is 16.8 Å². The first-order valence-electron chi connectivity index (χ1n) is 8.25. The maximum absolute atomic E-state index is 13.3. The van der Waals surface area contributed by atoms with Crippen molar-refractivity contribution in [2.75, 3.05) is 18.4 Å². The number of carboxylic acids is 1. The Labute approximate surface area is 153 Å². The standard InChI is InChI=1S/C19H17F3N2O3/c20-19(21,22)18(17(26)27)10-11-24(12-18)16(25)14-8-4-5-9-15(14)23-13-6-2-1-3-7-13/h1-9,23H,10-12H2,(H,26,27). The molecule has 2 N–H and O–H groups in total. The van der Waals surface area contributed by atoms with Crippen LogP contribution in [0.3, 0.4) is 0 Å². The summed E-state index contributed by atoms with van der Waals surface area (Å²) in [6.45, 7) is -1.17. The summed E-state index contributed by atoms with van der Waals surface area (Å²) in [6, 6.07) is 15.5. The Balaban J connectivity index is 1.86. The molecular weight excluding hydrogens is 361 g/mol. The number of anilines is 2. The Morgan fingerprint density at radius 3 is 2.26 bits per heavy atom. The summed E-state index contributed by atoms with van der Waals surface area (Å²) in [4.78, 5) is 25.1. The van der Waals surface area contributed by atoms with Gasteiger partial charge in [-0.05, 0) is 30.7 Å². The number of rotatable bonds is 4. The lowest BCUT2D eigenvalue weighted by molar-refractivity contribution is -0.227. The molecule has 0 radical (unpaired) electrons. The summed E-state index contributed by atoms with van der Waals surface area (Å²) in [5.74, 6) is -2.59. The van der Waals surface area contributed by atoms with Gasteiger partial charge in [-0.3, -0.25) is 9.59 Å². The van der Waals surface area contributed by atoms with Crippen molar-refractivity contribution in [2.45, 2.75) is 12.6 Å². The smallest absolute Gasteiger partial charge is 0.406 e. The van der Waals surface area contributed by atoms with E-state index in [0.717, 1.165) is 4.90 Å². The number of amides is 1. The van der Waals surface area contributed by atoms with Crippen molar-refractivity contribution in [3.8, 4) is 0 Å². The Bertz CT molecular complexity index is 855. The number of aliphatic carboxylic acids is 1. The van der Waals surface area contributed by atoms with Crippen molar-refractivity contribution in [1.82, 2.24) is 4.90 Å². The minimum atomic E-state index is -4.93. The number of halogens is 3. The number of carbonyl (C=O) groups excluding carboxylic acids is 1. The van der Waals surface area contributed by atoms with Crippen molar-refractivity contribution in [2.24, 2.45) is 5.41 Å². The van der Waals surface area contributed by atoms with Gasteiger partial charge in [-0.2, -0.15) is 13.2 Å². The van der Waals surface area contributed by atoms with Gasteiger partial charge in [0, 0.05) is 18.8 Å². The zero-order valence-corrected chi connectivity index (χ0v) is 14.2. The highest BCUT2D eigenvalue weighted by Gasteiger charge is 2.64. The highest BCUT2D eigenvalue weighted by atomic mass is 19.4. The maximum atomic E-state index is 13.3. The van der Waals surface area contributed by atoms with Crippen molar-refractivity contribution in [1.29, 1.82) is 0 Å². The van der Waals surface area contributed by atoms with Gasteiger partial charge in [-0.15, -0.1) is 0 Å². The summed E-state index contributed by atoms with van der Waals surface area (Å²) in [5.41, 5.74) is -1.59. The van der Waals surface area contributed by atoms with E-state index in [4.69, 9.17) is 5.11 Å². The molecule has 5 nitrogen and oxygen atoms in total.